The van der Waals surface area contributed by atoms with Crippen LogP contribution in [0.1, 0.15) is 15.9 Å². The zero-order valence-electron chi connectivity index (χ0n) is 12.6. The van der Waals surface area contributed by atoms with Crippen LogP contribution in [0, 0.1) is 15.9 Å². The molecule has 2 aromatic rings. The highest BCUT2D eigenvalue weighted by molar-refractivity contribution is 9.10. The van der Waals surface area contributed by atoms with E-state index in [2.05, 4.69) is 21.2 Å². The molecule has 0 saturated heterocycles. The third kappa shape index (κ3) is 5.07. The summed E-state index contributed by atoms with van der Waals surface area (Å²) in [5.74, 6) is -1.72. The van der Waals surface area contributed by atoms with Crippen molar-refractivity contribution in [1.82, 2.24) is 0 Å². The summed E-state index contributed by atoms with van der Waals surface area (Å²) in [6.45, 7) is -0.867. The van der Waals surface area contributed by atoms with Gasteiger partial charge in [-0.05, 0) is 45.8 Å². The molecule has 0 aliphatic heterocycles. The van der Waals surface area contributed by atoms with Crippen molar-refractivity contribution in [3.63, 3.8) is 0 Å². The molecule has 0 fully saturated rings. The average molecular weight is 430 g/mol. The van der Waals surface area contributed by atoms with E-state index in [0.29, 0.717) is 5.69 Å². The zero-order chi connectivity index (χ0) is 18.6. The Balaban J connectivity index is 2.09. The van der Waals surface area contributed by atoms with Crippen LogP contribution in [0.25, 0.3) is 0 Å². The van der Waals surface area contributed by atoms with E-state index in [0.717, 1.165) is 0 Å². The van der Waals surface area contributed by atoms with Gasteiger partial charge in [0.15, 0.2) is 0 Å². The third-order valence-electron chi connectivity index (χ3n) is 3.21. The van der Waals surface area contributed by atoms with Crippen LogP contribution in [0.5, 0.6) is 0 Å². The summed E-state index contributed by atoms with van der Waals surface area (Å²) < 4.78 is 14.1. The smallest absolute Gasteiger partial charge is 0.265 e. The van der Waals surface area contributed by atoms with Gasteiger partial charge in [0.05, 0.1) is 15.9 Å². The van der Waals surface area contributed by atoms with Gasteiger partial charge in [0.1, 0.15) is 5.82 Å². The molecule has 9 heteroatoms. The summed E-state index contributed by atoms with van der Waals surface area (Å²) in [5, 5.41) is 12.9. The molecule has 0 aliphatic carbocycles. The van der Waals surface area contributed by atoms with E-state index in [1.165, 1.54) is 30.3 Å². The lowest BCUT2D eigenvalue weighted by molar-refractivity contribution is -0.465. The number of rotatable bonds is 6. The Morgan fingerprint density at radius 3 is 2.64 bits per heavy atom. The Bertz CT molecular complexity index is 860. The molecule has 0 bridgehead atoms. The predicted molar refractivity (Wildman–Crippen MR) is 94.1 cm³/mol. The van der Waals surface area contributed by atoms with Crippen molar-refractivity contribution in [2.45, 2.75) is 6.42 Å². The molecular weight excluding hydrogens is 419 g/mol. The predicted octanol–water partition coefficient (Wildman–Crippen LogP) is 3.88. The maximum Gasteiger partial charge on any atom is 0.265 e. The van der Waals surface area contributed by atoms with Gasteiger partial charge < -0.3 is 5.32 Å². The number of nitrogens with zero attached hydrogens (tertiary/aromatic N) is 1. The Kier molecular flexibility index (Phi) is 6.22. The third-order valence-corrected chi connectivity index (χ3v) is 4.13. The van der Waals surface area contributed by atoms with Crippen molar-refractivity contribution in [3.8, 4) is 0 Å². The van der Waals surface area contributed by atoms with Crippen LogP contribution in [-0.2, 0) is 11.2 Å². The van der Waals surface area contributed by atoms with Gasteiger partial charge in [-0.2, -0.15) is 0 Å². The highest BCUT2D eigenvalue weighted by atomic mass is 79.9. The lowest BCUT2D eigenvalue weighted by atomic mass is 10.1. The van der Waals surface area contributed by atoms with Crippen LogP contribution in [0.3, 0.4) is 0 Å². The molecular formula is C16H11BrClFN2O4. The first-order valence-electron chi connectivity index (χ1n) is 6.95. The molecule has 130 valence electrons. The fraction of sp³-hybridized carbons (Fsp3) is 0.125. The quantitative estimate of drug-likeness (QED) is 0.429. The normalized spacial score (nSPS) is 10.4. The molecule has 1 amide bonds. The lowest BCUT2D eigenvalue weighted by Gasteiger charge is -2.08. The molecule has 0 aliphatic rings. The van der Waals surface area contributed by atoms with Crippen LogP contribution >= 0.6 is 27.5 Å². The monoisotopic (exact) mass is 428 g/mol. The average Bonchev–Trinajstić information content (AvgIpc) is 2.51. The molecule has 0 spiro atoms. The number of ketones is 1. The number of carbonyl (C=O) groups excluding carboxylic acids is 2. The summed E-state index contributed by atoms with van der Waals surface area (Å²) in [6, 6.07) is 8.63. The molecule has 2 rings (SSSR count). The number of Topliss-reactive ketones (excluding diaryl/α,β-unsaturated/α-hetero) is 1. The van der Waals surface area contributed by atoms with Gasteiger partial charge in [0.25, 0.3) is 6.54 Å². The van der Waals surface area contributed by atoms with Crippen molar-refractivity contribution in [3.05, 3.63) is 73.0 Å². The first kappa shape index (κ1) is 19.0. The largest absolute Gasteiger partial charge is 0.326 e. The van der Waals surface area contributed by atoms with Crippen LogP contribution in [-0.4, -0.2) is 23.2 Å². The maximum atomic E-state index is 13.9. The minimum absolute atomic E-state index is 0.00519. The number of hydrogen-bond donors (Lipinski definition) is 1. The fourth-order valence-corrected chi connectivity index (χ4v) is 2.78. The number of benzene rings is 2. The number of amides is 1. The Morgan fingerprint density at radius 2 is 2.00 bits per heavy atom. The Hall–Kier alpha value is -2.32. The standard InChI is InChI=1S/C16H11BrClFN2O4/c17-12-3-1-2-9(16(12)19)6-15(23)20-10-4-5-11(13(18)7-10)14(22)8-21(24)25/h1-5,7H,6,8H2,(H,20,23). The second-order valence-corrected chi connectivity index (χ2v) is 6.31. The van der Waals surface area contributed by atoms with E-state index >= 15 is 0 Å². The Labute approximate surface area is 155 Å². The van der Waals surface area contributed by atoms with Crippen LogP contribution in [0.2, 0.25) is 5.02 Å². The molecule has 6 nitrogen and oxygen atoms in total. The maximum absolute atomic E-state index is 13.9. The molecule has 1 N–H and O–H groups in total. The zero-order valence-corrected chi connectivity index (χ0v) is 14.9. The van der Waals surface area contributed by atoms with Gasteiger partial charge in [0.2, 0.25) is 11.7 Å². The molecule has 0 atom stereocenters. The highest BCUT2D eigenvalue weighted by Crippen LogP contribution is 2.23. The summed E-state index contributed by atoms with van der Waals surface area (Å²) in [7, 11) is 0. The summed E-state index contributed by atoms with van der Waals surface area (Å²) >= 11 is 8.98. The fourth-order valence-electron chi connectivity index (χ4n) is 2.08. The van der Waals surface area contributed by atoms with E-state index in [4.69, 9.17) is 11.6 Å². The summed E-state index contributed by atoms with van der Waals surface area (Å²) in [6.07, 6.45) is -0.190. The van der Waals surface area contributed by atoms with Crippen molar-refractivity contribution in [1.29, 1.82) is 0 Å². The van der Waals surface area contributed by atoms with Crippen LogP contribution < -0.4 is 5.32 Å². The number of carbonyl (C=O) groups is 2. The number of nitro groups is 1. The van der Waals surface area contributed by atoms with E-state index in [-0.39, 0.29) is 27.0 Å². The van der Waals surface area contributed by atoms with Crippen molar-refractivity contribution in [2.75, 3.05) is 11.9 Å². The van der Waals surface area contributed by atoms with Gasteiger partial charge in [-0.15, -0.1) is 0 Å². The van der Waals surface area contributed by atoms with Crippen molar-refractivity contribution in [2.24, 2.45) is 0 Å². The van der Waals surface area contributed by atoms with Crippen LogP contribution in [0.15, 0.2) is 40.9 Å². The molecule has 0 aromatic heterocycles. The molecule has 25 heavy (non-hydrogen) atoms. The minimum Gasteiger partial charge on any atom is -0.326 e. The van der Waals surface area contributed by atoms with Gasteiger partial charge in [0, 0.05) is 16.2 Å². The minimum atomic E-state index is -0.867. The first-order valence-corrected chi connectivity index (χ1v) is 8.12. The van der Waals surface area contributed by atoms with E-state index in [9.17, 15) is 24.1 Å². The summed E-state index contributed by atoms with van der Waals surface area (Å²) in [4.78, 5) is 33.3. The number of halogens is 3. The topological polar surface area (TPSA) is 89.3 Å². The van der Waals surface area contributed by atoms with Crippen LogP contribution in [0.4, 0.5) is 10.1 Å². The molecule has 2 aromatic carbocycles. The summed E-state index contributed by atoms with van der Waals surface area (Å²) in [5.41, 5.74) is 0.508. The van der Waals surface area contributed by atoms with E-state index < -0.39 is 29.0 Å². The molecule has 0 radical (unpaired) electrons. The number of nitrogens with one attached hydrogen (secondary N) is 1. The number of anilines is 1. The first-order chi connectivity index (χ1) is 11.8. The van der Waals surface area contributed by atoms with Gasteiger partial charge in [-0.3, -0.25) is 19.7 Å². The second kappa shape index (κ2) is 8.17. The van der Waals surface area contributed by atoms with Gasteiger partial charge >= 0.3 is 0 Å². The van der Waals surface area contributed by atoms with E-state index in [1.54, 1.807) is 6.07 Å². The molecule has 0 unspecified atom stereocenters. The Morgan fingerprint density at radius 1 is 1.28 bits per heavy atom. The van der Waals surface area contributed by atoms with E-state index in [1.807, 2.05) is 0 Å². The van der Waals surface area contributed by atoms with Gasteiger partial charge in [-0.1, -0.05) is 23.7 Å². The lowest BCUT2D eigenvalue weighted by Crippen LogP contribution is -2.16. The van der Waals surface area contributed by atoms with Crippen molar-refractivity contribution >= 4 is 44.9 Å². The van der Waals surface area contributed by atoms with Gasteiger partial charge in [-0.25, -0.2) is 4.39 Å². The SMILES string of the molecule is O=C(Cc1cccc(Br)c1F)Nc1ccc(C(=O)C[N+](=O)[O-])c(Cl)c1. The molecule has 0 heterocycles. The molecule has 0 saturated carbocycles. The second-order valence-electron chi connectivity index (χ2n) is 5.05. The highest BCUT2D eigenvalue weighted by Gasteiger charge is 2.17. The van der Waals surface area contributed by atoms with Crippen molar-refractivity contribution < 1.29 is 18.9 Å². The number of hydrogen-bond acceptors (Lipinski definition) is 4.